The molecule has 0 radical (unpaired) electrons. The summed E-state index contributed by atoms with van der Waals surface area (Å²) in [7, 11) is -3.43. The number of sulfone groups is 1. The molecule has 0 saturated carbocycles. The van der Waals surface area contributed by atoms with E-state index in [9.17, 15) is 26.4 Å². The highest BCUT2D eigenvalue weighted by molar-refractivity contribution is 7.90. The molecule has 33 heavy (non-hydrogen) atoms. The zero-order valence-electron chi connectivity index (χ0n) is 17.4. The van der Waals surface area contributed by atoms with Gasteiger partial charge in [0, 0.05) is 48.9 Å². The third-order valence-corrected chi connectivity index (χ3v) is 6.64. The molecular weight excluding hydrogens is 457 g/mol. The van der Waals surface area contributed by atoms with E-state index in [1.807, 2.05) is 0 Å². The SMILES string of the molecule is CS(=O)(=O)c1cccc(-c2cc(N3C[C@H](N)[C@@H](c4cc(F)c(F)cc4F)CC3=O)ncn2)c1. The van der Waals surface area contributed by atoms with Gasteiger partial charge < -0.3 is 5.73 Å². The summed E-state index contributed by atoms with van der Waals surface area (Å²) in [6.45, 7) is -0.0399. The minimum absolute atomic E-state index is 0.0399. The Morgan fingerprint density at radius 1 is 1.03 bits per heavy atom. The van der Waals surface area contributed by atoms with Crippen LogP contribution in [-0.2, 0) is 14.6 Å². The summed E-state index contributed by atoms with van der Waals surface area (Å²) in [5, 5.41) is 0. The third kappa shape index (κ3) is 4.60. The van der Waals surface area contributed by atoms with Crippen LogP contribution in [-0.4, -0.2) is 43.1 Å². The lowest BCUT2D eigenvalue weighted by Crippen LogP contribution is -2.51. The first-order valence-corrected chi connectivity index (χ1v) is 11.8. The normalized spacial score (nSPS) is 19.1. The summed E-state index contributed by atoms with van der Waals surface area (Å²) in [5.41, 5.74) is 6.93. The number of halogens is 3. The van der Waals surface area contributed by atoms with Gasteiger partial charge >= 0.3 is 0 Å². The molecule has 1 amide bonds. The number of nitrogens with two attached hydrogens (primary N) is 1. The lowest BCUT2D eigenvalue weighted by molar-refractivity contribution is -0.120. The maximum absolute atomic E-state index is 14.2. The van der Waals surface area contributed by atoms with Crippen molar-refractivity contribution in [1.29, 1.82) is 0 Å². The standard InChI is InChI=1S/C22H19F3N4O3S/c1-33(31,32)13-4-2-3-12(5-13)20-9-21(28-11-27-20)29-10-19(26)15(7-22(29)30)14-6-17(24)18(25)8-16(14)23/h2-6,8-9,11,15,19H,7,10,26H2,1H3/t15-,19+/m1/s1. The van der Waals surface area contributed by atoms with Gasteiger partial charge in [0.1, 0.15) is 18.0 Å². The molecule has 172 valence electrons. The molecule has 2 heterocycles. The van der Waals surface area contributed by atoms with Crippen molar-refractivity contribution < 1.29 is 26.4 Å². The van der Waals surface area contributed by atoms with Gasteiger partial charge in [0.2, 0.25) is 5.91 Å². The maximum Gasteiger partial charge on any atom is 0.228 e. The zero-order chi connectivity index (χ0) is 23.9. The molecule has 2 N–H and O–H groups in total. The Morgan fingerprint density at radius 2 is 1.76 bits per heavy atom. The van der Waals surface area contributed by atoms with E-state index in [0.717, 1.165) is 12.3 Å². The van der Waals surface area contributed by atoms with E-state index in [-0.39, 0.29) is 29.2 Å². The van der Waals surface area contributed by atoms with Crippen LogP contribution in [0, 0.1) is 17.5 Å². The molecule has 11 heteroatoms. The Balaban J connectivity index is 1.62. The van der Waals surface area contributed by atoms with E-state index >= 15 is 0 Å². The van der Waals surface area contributed by atoms with E-state index in [1.165, 1.54) is 29.4 Å². The number of amides is 1. The summed E-state index contributed by atoms with van der Waals surface area (Å²) < 4.78 is 64.9. The van der Waals surface area contributed by atoms with Gasteiger partial charge in [-0.3, -0.25) is 9.69 Å². The van der Waals surface area contributed by atoms with Crippen molar-refractivity contribution in [2.75, 3.05) is 17.7 Å². The van der Waals surface area contributed by atoms with Crippen LogP contribution in [0.15, 0.2) is 53.7 Å². The van der Waals surface area contributed by atoms with Crippen LogP contribution in [0.4, 0.5) is 19.0 Å². The van der Waals surface area contributed by atoms with Gasteiger partial charge in [0.05, 0.1) is 10.6 Å². The van der Waals surface area contributed by atoms with Crippen molar-refractivity contribution in [2.24, 2.45) is 5.73 Å². The van der Waals surface area contributed by atoms with Gasteiger partial charge in [-0.2, -0.15) is 0 Å². The van der Waals surface area contributed by atoms with Gasteiger partial charge in [0.25, 0.3) is 0 Å². The van der Waals surface area contributed by atoms with Gasteiger partial charge in [-0.15, -0.1) is 0 Å². The number of hydrogen-bond acceptors (Lipinski definition) is 6. The molecule has 1 aliphatic rings. The van der Waals surface area contributed by atoms with Crippen molar-refractivity contribution in [3.8, 4) is 11.3 Å². The monoisotopic (exact) mass is 476 g/mol. The molecule has 3 aromatic rings. The summed E-state index contributed by atoms with van der Waals surface area (Å²) in [6, 6.07) is 8.10. The number of hydrogen-bond donors (Lipinski definition) is 1. The Bertz CT molecular complexity index is 1350. The number of carbonyl (C=O) groups is 1. The van der Waals surface area contributed by atoms with Gasteiger partial charge in [-0.25, -0.2) is 31.6 Å². The third-order valence-electron chi connectivity index (χ3n) is 5.53. The Kier molecular flexibility index (Phi) is 5.93. The van der Waals surface area contributed by atoms with Crippen molar-refractivity contribution in [1.82, 2.24) is 9.97 Å². The second kappa shape index (κ2) is 8.56. The number of benzene rings is 2. The second-order valence-electron chi connectivity index (χ2n) is 7.83. The summed E-state index contributed by atoms with van der Waals surface area (Å²) in [6.07, 6.45) is 2.10. The second-order valence-corrected chi connectivity index (χ2v) is 9.84. The Morgan fingerprint density at radius 3 is 2.48 bits per heavy atom. The smallest absolute Gasteiger partial charge is 0.228 e. The van der Waals surface area contributed by atoms with Crippen molar-refractivity contribution in [3.05, 3.63) is 71.8 Å². The van der Waals surface area contributed by atoms with Crippen LogP contribution in [0.2, 0.25) is 0 Å². The summed E-state index contributed by atoms with van der Waals surface area (Å²) in [5.74, 6) is -4.54. The molecular formula is C22H19F3N4O3S. The van der Waals surface area contributed by atoms with E-state index in [1.54, 1.807) is 12.1 Å². The molecule has 2 atom stereocenters. The average Bonchev–Trinajstić information content (AvgIpc) is 2.77. The number of nitrogens with zero attached hydrogens (tertiary/aromatic N) is 3. The molecule has 0 aliphatic carbocycles. The van der Waals surface area contributed by atoms with Crippen LogP contribution >= 0.6 is 0 Å². The van der Waals surface area contributed by atoms with Crippen LogP contribution < -0.4 is 10.6 Å². The highest BCUT2D eigenvalue weighted by Crippen LogP contribution is 2.33. The van der Waals surface area contributed by atoms with Crippen LogP contribution in [0.1, 0.15) is 17.9 Å². The Labute approximate surface area is 188 Å². The number of piperidine rings is 1. The predicted molar refractivity (Wildman–Crippen MR) is 115 cm³/mol. The fraction of sp³-hybridized carbons (Fsp3) is 0.227. The molecule has 0 unspecified atom stereocenters. The molecule has 7 nitrogen and oxygen atoms in total. The molecule has 2 aromatic carbocycles. The van der Waals surface area contributed by atoms with E-state index in [2.05, 4.69) is 9.97 Å². The van der Waals surface area contributed by atoms with Crippen LogP contribution in [0.5, 0.6) is 0 Å². The highest BCUT2D eigenvalue weighted by atomic mass is 32.2. The van der Waals surface area contributed by atoms with Gasteiger partial charge in [0.15, 0.2) is 21.5 Å². The maximum atomic E-state index is 14.2. The first-order chi connectivity index (χ1) is 15.5. The largest absolute Gasteiger partial charge is 0.326 e. The summed E-state index contributed by atoms with van der Waals surface area (Å²) in [4.78, 5) is 22.6. The number of aromatic nitrogens is 2. The molecule has 0 bridgehead atoms. The quantitative estimate of drug-likeness (QED) is 0.581. The number of carbonyl (C=O) groups excluding carboxylic acids is 1. The lowest BCUT2D eigenvalue weighted by atomic mass is 9.85. The molecule has 1 fully saturated rings. The minimum Gasteiger partial charge on any atom is -0.326 e. The molecule has 0 spiro atoms. The first kappa shape index (κ1) is 22.9. The van der Waals surface area contributed by atoms with E-state index in [4.69, 9.17) is 5.73 Å². The fourth-order valence-electron chi connectivity index (χ4n) is 3.81. The topological polar surface area (TPSA) is 106 Å². The molecule has 4 rings (SSSR count). The van der Waals surface area contributed by atoms with Gasteiger partial charge in [-0.1, -0.05) is 12.1 Å². The Hall–Kier alpha value is -3.31. The van der Waals surface area contributed by atoms with Crippen molar-refractivity contribution in [3.63, 3.8) is 0 Å². The molecule has 1 aliphatic heterocycles. The van der Waals surface area contributed by atoms with Crippen LogP contribution in [0.25, 0.3) is 11.3 Å². The molecule has 1 aromatic heterocycles. The van der Waals surface area contributed by atoms with Crippen LogP contribution in [0.3, 0.4) is 0 Å². The molecule has 1 saturated heterocycles. The van der Waals surface area contributed by atoms with E-state index in [0.29, 0.717) is 17.3 Å². The predicted octanol–water partition coefficient (Wildman–Crippen LogP) is 2.81. The highest BCUT2D eigenvalue weighted by Gasteiger charge is 2.36. The van der Waals surface area contributed by atoms with Crippen molar-refractivity contribution in [2.45, 2.75) is 23.3 Å². The fourth-order valence-corrected chi connectivity index (χ4v) is 4.48. The zero-order valence-corrected chi connectivity index (χ0v) is 18.2. The van der Waals surface area contributed by atoms with Crippen molar-refractivity contribution >= 4 is 21.6 Å². The number of rotatable bonds is 4. The average molecular weight is 476 g/mol. The number of anilines is 1. The summed E-state index contributed by atoms with van der Waals surface area (Å²) >= 11 is 0. The lowest BCUT2D eigenvalue weighted by Gasteiger charge is -2.36. The minimum atomic E-state index is -3.43. The van der Waals surface area contributed by atoms with Gasteiger partial charge in [-0.05, 0) is 23.8 Å². The first-order valence-electron chi connectivity index (χ1n) is 9.87. The van der Waals surface area contributed by atoms with E-state index < -0.39 is 45.2 Å².